The third-order valence-electron chi connectivity index (χ3n) is 4.23. The largest absolute Gasteiger partial charge is 0.355 e. The molecule has 3 aromatic rings. The summed E-state index contributed by atoms with van der Waals surface area (Å²) in [6.07, 6.45) is 2.48. The van der Waals surface area contributed by atoms with Crippen molar-refractivity contribution in [3.8, 4) is 11.3 Å². The van der Waals surface area contributed by atoms with Gasteiger partial charge in [0, 0.05) is 25.2 Å². The van der Waals surface area contributed by atoms with Crippen LogP contribution in [0.1, 0.15) is 18.5 Å². The van der Waals surface area contributed by atoms with Crippen LogP contribution in [-0.4, -0.2) is 27.7 Å². The molecule has 0 amide bonds. The van der Waals surface area contributed by atoms with Crippen LogP contribution in [0.25, 0.3) is 16.9 Å². The van der Waals surface area contributed by atoms with Gasteiger partial charge in [0.2, 0.25) is 0 Å². The van der Waals surface area contributed by atoms with Crippen molar-refractivity contribution in [1.29, 1.82) is 0 Å². The minimum absolute atomic E-state index is 0.418. The average Bonchev–Trinajstić information content (AvgIpc) is 3.22. The summed E-state index contributed by atoms with van der Waals surface area (Å²) in [4.78, 5) is 7.04. The van der Waals surface area contributed by atoms with Gasteiger partial charge in [-0.25, -0.2) is 9.50 Å². The van der Waals surface area contributed by atoms with E-state index in [1.165, 1.54) is 12.8 Å². The SMILES string of the molecule is NCc1c(-c2ccccc2)nc2ccc(N3CCCC3)nn12. The van der Waals surface area contributed by atoms with Crippen LogP contribution < -0.4 is 10.6 Å². The summed E-state index contributed by atoms with van der Waals surface area (Å²) in [5, 5.41) is 4.77. The molecular formula is C17H19N5. The van der Waals surface area contributed by atoms with Crippen molar-refractivity contribution < 1.29 is 0 Å². The van der Waals surface area contributed by atoms with Crippen LogP contribution in [0.4, 0.5) is 5.82 Å². The van der Waals surface area contributed by atoms with E-state index in [9.17, 15) is 0 Å². The maximum atomic E-state index is 5.99. The van der Waals surface area contributed by atoms with Crippen LogP contribution in [0.15, 0.2) is 42.5 Å². The molecule has 0 bridgehead atoms. The lowest BCUT2D eigenvalue weighted by atomic mass is 10.1. The Morgan fingerprint density at radius 1 is 1.00 bits per heavy atom. The minimum atomic E-state index is 0.418. The number of aromatic nitrogens is 3. The van der Waals surface area contributed by atoms with Gasteiger partial charge >= 0.3 is 0 Å². The highest BCUT2D eigenvalue weighted by atomic mass is 15.3. The first kappa shape index (κ1) is 13.3. The molecule has 0 atom stereocenters. The molecule has 4 rings (SSSR count). The van der Waals surface area contributed by atoms with Crippen molar-refractivity contribution in [3.05, 3.63) is 48.2 Å². The molecule has 0 spiro atoms. The van der Waals surface area contributed by atoms with Gasteiger partial charge in [-0.05, 0) is 25.0 Å². The summed E-state index contributed by atoms with van der Waals surface area (Å²) < 4.78 is 1.90. The van der Waals surface area contributed by atoms with Gasteiger partial charge in [0.15, 0.2) is 5.65 Å². The molecule has 2 N–H and O–H groups in total. The Hall–Kier alpha value is -2.40. The van der Waals surface area contributed by atoms with Crippen LogP contribution in [0, 0.1) is 0 Å². The van der Waals surface area contributed by atoms with Gasteiger partial charge in [0.05, 0.1) is 11.4 Å². The van der Waals surface area contributed by atoms with Crippen LogP contribution in [-0.2, 0) is 6.54 Å². The molecule has 1 aliphatic heterocycles. The highest BCUT2D eigenvalue weighted by molar-refractivity contribution is 5.66. The Kier molecular flexibility index (Phi) is 3.27. The number of rotatable bonds is 3. The Labute approximate surface area is 129 Å². The van der Waals surface area contributed by atoms with Crippen molar-refractivity contribution in [3.63, 3.8) is 0 Å². The van der Waals surface area contributed by atoms with Gasteiger partial charge in [-0.3, -0.25) is 0 Å². The van der Waals surface area contributed by atoms with E-state index in [0.717, 1.165) is 41.5 Å². The van der Waals surface area contributed by atoms with Crippen molar-refractivity contribution in [2.75, 3.05) is 18.0 Å². The summed E-state index contributed by atoms with van der Waals surface area (Å²) in [6, 6.07) is 14.2. The van der Waals surface area contributed by atoms with E-state index in [-0.39, 0.29) is 0 Å². The third-order valence-corrected chi connectivity index (χ3v) is 4.23. The first-order valence-electron chi connectivity index (χ1n) is 7.76. The van der Waals surface area contributed by atoms with Gasteiger partial charge in [-0.2, -0.15) is 0 Å². The minimum Gasteiger partial charge on any atom is -0.355 e. The number of hydrogen-bond acceptors (Lipinski definition) is 4. The van der Waals surface area contributed by atoms with E-state index >= 15 is 0 Å². The molecule has 0 aliphatic carbocycles. The Balaban J connectivity index is 1.86. The number of nitrogens with two attached hydrogens (primary N) is 1. The van der Waals surface area contributed by atoms with Crippen molar-refractivity contribution in [1.82, 2.24) is 14.6 Å². The molecule has 3 heterocycles. The first-order chi connectivity index (χ1) is 10.9. The molecule has 1 saturated heterocycles. The van der Waals surface area contributed by atoms with E-state index < -0.39 is 0 Å². The summed E-state index contributed by atoms with van der Waals surface area (Å²) in [7, 11) is 0. The highest BCUT2D eigenvalue weighted by Crippen LogP contribution is 2.25. The number of anilines is 1. The molecule has 1 aromatic carbocycles. The van der Waals surface area contributed by atoms with E-state index in [0.29, 0.717) is 6.54 Å². The molecule has 0 radical (unpaired) electrons. The summed E-state index contributed by atoms with van der Waals surface area (Å²) in [5.41, 5.74) is 9.80. The zero-order chi connectivity index (χ0) is 14.9. The first-order valence-corrected chi connectivity index (χ1v) is 7.76. The van der Waals surface area contributed by atoms with E-state index in [2.05, 4.69) is 23.1 Å². The fourth-order valence-corrected chi connectivity index (χ4v) is 3.09. The second-order valence-electron chi connectivity index (χ2n) is 5.63. The molecule has 5 heteroatoms. The zero-order valence-corrected chi connectivity index (χ0v) is 12.4. The molecule has 0 unspecified atom stereocenters. The third kappa shape index (κ3) is 2.14. The zero-order valence-electron chi connectivity index (χ0n) is 12.4. The fraction of sp³-hybridized carbons (Fsp3) is 0.294. The average molecular weight is 293 g/mol. The van der Waals surface area contributed by atoms with E-state index in [1.807, 2.05) is 28.8 Å². The van der Waals surface area contributed by atoms with E-state index in [4.69, 9.17) is 15.8 Å². The molecule has 22 heavy (non-hydrogen) atoms. The lowest BCUT2D eigenvalue weighted by molar-refractivity contribution is 0.815. The van der Waals surface area contributed by atoms with E-state index in [1.54, 1.807) is 0 Å². The van der Waals surface area contributed by atoms with Crippen LogP contribution in [0.2, 0.25) is 0 Å². The lowest BCUT2D eigenvalue weighted by Crippen LogP contribution is -2.20. The normalized spacial score (nSPS) is 14.9. The van der Waals surface area contributed by atoms with Gasteiger partial charge in [-0.15, -0.1) is 5.10 Å². The molecular weight excluding hydrogens is 274 g/mol. The maximum absolute atomic E-state index is 5.99. The van der Waals surface area contributed by atoms with Gasteiger partial charge < -0.3 is 10.6 Å². The van der Waals surface area contributed by atoms with Gasteiger partial charge in [0.1, 0.15) is 5.82 Å². The van der Waals surface area contributed by atoms with Crippen molar-refractivity contribution in [2.45, 2.75) is 19.4 Å². The number of imidazole rings is 1. The predicted molar refractivity (Wildman–Crippen MR) is 87.8 cm³/mol. The lowest BCUT2D eigenvalue weighted by Gasteiger charge is -2.16. The molecule has 0 saturated carbocycles. The van der Waals surface area contributed by atoms with Gasteiger partial charge in [-0.1, -0.05) is 30.3 Å². The Morgan fingerprint density at radius 3 is 2.50 bits per heavy atom. The second kappa shape index (κ2) is 5.42. The molecule has 1 aliphatic rings. The van der Waals surface area contributed by atoms with Crippen LogP contribution >= 0.6 is 0 Å². The molecule has 5 nitrogen and oxygen atoms in total. The van der Waals surface area contributed by atoms with Crippen molar-refractivity contribution in [2.24, 2.45) is 5.73 Å². The smallest absolute Gasteiger partial charge is 0.154 e. The van der Waals surface area contributed by atoms with Crippen molar-refractivity contribution >= 4 is 11.5 Å². The molecule has 2 aromatic heterocycles. The van der Waals surface area contributed by atoms with Gasteiger partial charge in [0.25, 0.3) is 0 Å². The standard InChI is InChI=1S/C17H19N5/c18-12-14-17(13-6-2-1-3-7-13)19-15-8-9-16(20-22(14)15)21-10-4-5-11-21/h1-3,6-9H,4-5,10-12,18H2. The van der Waals surface area contributed by atoms with Crippen LogP contribution in [0.3, 0.4) is 0 Å². The summed E-state index contributed by atoms with van der Waals surface area (Å²) >= 11 is 0. The monoisotopic (exact) mass is 293 g/mol. The second-order valence-corrected chi connectivity index (χ2v) is 5.63. The maximum Gasteiger partial charge on any atom is 0.154 e. The highest BCUT2D eigenvalue weighted by Gasteiger charge is 2.17. The number of nitrogens with zero attached hydrogens (tertiary/aromatic N) is 4. The Morgan fingerprint density at radius 2 is 1.77 bits per heavy atom. The number of hydrogen-bond donors (Lipinski definition) is 1. The predicted octanol–water partition coefficient (Wildman–Crippen LogP) is 2.46. The number of benzene rings is 1. The van der Waals surface area contributed by atoms with Crippen LogP contribution in [0.5, 0.6) is 0 Å². The summed E-state index contributed by atoms with van der Waals surface area (Å²) in [6.45, 7) is 2.58. The number of fused-ring (bicyclic) bond motifs is 1. The fourth-order valence-electron chi connectivity index (χ4n) is 3.09. The summed E-state index contributed by atoms with van der Waals surface area (Å²) in [5.74, 6) is 1.01. The molecule has 112 valence electrons. The Bertz CT molecular complexity index is 787. The quantitative estimate of drug-likeness (QED) is 0.806. The molecule has 1 fully saturated rings. The topological polar surface area (TPSA) is 59.5 Å².